The molecule has 0 spiro atoms. The van der Waals surface area contributed by atoms with Crippen LogP contribution in [0.15, 0.2) is 72.1 Å². The van der Waals surface area contributed by atoms with Crippen molar-refractivity contribution in [3.8, 4) is 0 Å². The molecule has 1 fully saturated rings. The molecule has 25 heavy (non-hydrogen) atoms. The van der Waals surface area contributed by atoms with Crippen molar-refractivity contribution in [1.29, 1.82) is 0 Å². The highest BCUT2D eigenvalue weighted by Crippen LogP contribution is 2.26. The van der Waals surface area contributed by atoms with Crippen LogP contribution in [0.4, 0.5) is 4.79 Å². The summed E-state index contributed by atoms with van der Waals surface area (Å²) in [6.07, 6.45) is 2.04. The molecule has 0 radical (unpaired) electrons. The highest BCUT2D eigenvalue weighted by atomic mass is 32.2. The predicted octanol–water partition coefficient (Wildman–Crippen LogP) is 2.87. The zero-order chi connectivity index (χ0) is 18.0. The number of hydrogen-bond acceptors (Lipinski definition) is 3. The van der Waals surface area contributed by atoms with Gasteiger partial charge in [0.1, 0.15) is 0 Å². The van der Waals surface area contributed by atoms with Gasteiger partial charge in [-0.25, -0.2) is 17.5 Å². The van der Waals surface area contributed by atoms with Gasteiger partial charge in [0.15, 0.2) is 0 Å². The summed E-state index contributed by atoms with van der Waals surface area (Å²) in [6.45, 7) is 5.62. The number of sulfonamides is 1. The van der Waals surface area contributed by atoms with E-state index in [2.05, 4.69) is 11.9 Å². The molecule has 130 valence electrons. The molecule has 6 heteroatoms. The van der Waals surface area contributed by atoms with Gasteiger partial charge in [-0.05, 0) is 31.0 Å². The Morgan fingerprint density at radius 1 is 1.12 bits per heavy atom. The first-order valence-corrected chi connectivity index (χ1v) is 9.45. The number of aryl methyl sites for hydroxylation is 1. The van der Waals surface area contributed by atoms with Gasteiger partial charge in [0.25, 0.3) is 10.0 Å². The first kappa shape index (κ1) is 17.2. The largest absolute Gasteiger partial charge is 0.332 e. The van der Waals surface area contributed by atoms with Crippen LogP contribution in [0.1, 0.15) is 11.1 Å². The van der Waals surface area contributed by atoms with Gasteiger partial charge >= 0.3 is 6.03 Å². The molecule has 1 saturated heterocycles. The van der Waals surface area contributed by atoms with E-state index in [4.69, 9.17) is 0 Å². The molecule has 0 aromatic heterocycles. The first-order chi connectivity index (χ1) is 11.9. The van der Waals surface area contributed by atoms with Crippen LogP contribution in [-0.4, -0.2) is 30.8 Å². The fraction of sp³-hybridized carbons (Fsp3) is 0.211. The Morgan fingerprint density at radius 3 is 2.36 bits per heavy atom. The third-order valence-electron chi connectivity index (χ3n) is 4.31. The average molecular weight is 356 g/mol. The Bertz CT molecular complexity index is 877. The minimum Gasteiger partial charge on any atom is -0.332 e. The van der Waals surface area contributed by atoms with Crippen LogP contribution in [0.5, 0.6) is 0 Å². The fourth-order valence-electron chi connectivity index (χ4n) is 3.00. The predicted molar refractivity (Wildman–Crippen MR) is 96.7 cm³/mol. The van der Waals surface area contributed by atoms with Crippen molar-refractivity contribution in [3.05, 3.63) is 78.4 Å². The number of nitrogens with one attached hydrogen (secondary N) is 1. The zero-order valence-corrected chi connectivity index (χ0v) is 14.7. The van der Waals surface area contributed by atoms with E-state index in [-0.39, 0.29) is 10.9 Å². The van der Waals surface area contributed by atoms with Gasteiger partial charge in [0.05, 0.1) is 17.0 Å². The summed E-state index contributed by atoms with van der Waals surface area (Å²) in [4.78, 5) is 12.5. The Balaban J connectivity index is 1.91. The van der Waals surface area contributed by atoms with Crippen molar-refractivity contribution in [2.45, 2.75) is 30.3 Å². The van der Waals surface area contributed by atoms with E-state index in [1.165, 1.54) is 18.2 Å². The van der Waals surface area contributed by atoms with Gasteiger partial charge in [0, 0.05) is 0 Å². The molecular formula is C19H20N2O3S. The molecule has 0 saturated carbocycles. The van der Waals surface area contributed by atoms with E-state index in [0.29, 0.717) is 6.42 Å². The van der Waals surface area contributed by atoms with E-state index < -0.39 is 22.1 Å². The second-order valence-electron chi connectivity index (χ2n) is 6.09. The maximum Gasteiger partial charge on any atom is 0.332 e. The van der Waals surface area contributed by atoms with E-state index in [0.717, 1.165) is 15.4 Å². The van der Waals surface area contributed by atoms with Crippen molar-refractivity contribution in [1.82, 2.24) is 9.62 Å². The third-order valence-corrected chi connectivity index (χ3v) is 6.10. The summed E-state index contributed by atoms with van der Waals surface area (Å²) in [6, 6.07) is 14.5. The van der Waals surface area contributed by atoms with Gasteiger partial charge < -0.3 is 5.32 Å². The van der Waals surface area contributed by atoms with Crippen LogP contribution >= 0.6 is 0 Å². The molecule has 5 nitrogen and oxygen atoms in total. The van der Waals surface area contributed by atoms with Crippen LogP contribution in [0.2, 0.25) is 0 Å². The Morgan fingerprint density at radius 2 is 1.76 bits per heavy atom. The highest BCUT2D eigenvalue weighted by molar-refractivity contribution is 7.89. The zero-order valence-electron chi connectivity index (χ0n) is 13.9. The SMILES string of the molecule is C=C[C@H]1[C@H](Cc2ccccc2)NC(=O)N1S(=O)(=O)c1ccc(C)cc1. The molecular weight excluding hydrogens is 336 g/mol. The summed E-state index contributed by atoms with van der Waals surface area (Å²) < 4.78 is 26.8. The van der Waals surface area contributed by atoms with Gasteiger partial charge in [-0.15, -0.1) is 6.58 Å². The Labute approximate surface area is 148 Å². The molecule has 1 aliphatic heterocycles. The minimum absolute atomic E-state index is 0.0976. The van der Waals surface area contributed by atoms with Crippen molar-refractivity contribution >= 4 is 16.1 Å². The average Bonchev–Trinajstić information content (AvgIpc) is 2.92. The van der Waals surface area contributed by atoms with Gasteiger partial charge in [0.2, 0.25) is 0 Å². The molecule has 2 atom stereocenters. The number of nitrogens with zero attached hydrogens (tertiary/aromatic N) is 1. The first-order valence-electron chi connectivity index (χ1n) is 8.01. The number of amides is 2. The van der Waals surface area contributed by atoms with E-state index in [1.807, 2.05) is 37.3 Å². The molecule has 0 bridgehead atoms. The molecule has 0 unspecified atom stereocenters. The molecule has 2 aromatic rings. The van der Waals surface area contributed by atoms with Gasteiger partial charge in [-0.1, -0.05) is 54.1 Å². The van der Waals surface area contributed by atoms with Crippen LogP contribution in [0.3, 0.4) is 0 Å². The van der Waals surface area contributed by atoms with Crippen LogP contribution in [-0.2, 0) is 16.4 Å². The number of hydrogen-bond donors (Lipinski definition) is 1. The third kappa shape index (κ3) is 3.30. The second-order valence-corrected chi connectivity index (χ2v) is 7.90. The van der Waals surface area contributed by atoms with Crippen molar-refractivity contribution in [2.75, 3.05) is 0 Å². The lowest BCUT2D eigenvalue weighted by Gasteiger charge is -2.23. The summed E-state index contributed by atoms with van der Waals surface area (Å²) in [7, 11) is -3.94. The van der Waals surface area contributed by atoms with Crippen LogP contribution in [0.25, 0.3) is 0 Å². The monoisotopic (exact) mass is 356 g/mol. The maximum absolute atomic E-state index is 12.9. The van der Waals surface area contributed by atoms with E-state index in [1.54, 1.807) is 12.1 Å². The van der Waals surface area contributed by atoms with Crippen LogP contribution in [0, 0.1) is 6.92 Å². The lowest BCUT2D eigenvalue weighted by Crippen LogP contribution is -2.40. The molecule has 1 aliphatic rings. The fourth-order valence-corrected chi connectivity index (χ4v) is 4.53. The van der Waals surface area contributed by atoms with Gasteiger partial charge in [-0.2, -0.15) is 0 Å². The summed E-state index contributed by atoms with van der Waals surface area (Å²) in [5, 5.41) is 2.78. The van der Waals surface area contributed by atoms with Crippen LogP contribution < -0.4 is 5.32 Å². The van der Waals surface area contributed by atoms with Crippen molar-refractivity contribution in [3.63, 3.8) is 0 Å². The molecule has 1 heterocycles. The number of rotatable bonds is 5. The van der Waals surface area contributed by atoms with Gasteiger partial charge in [-0.3, -0.25) is 0 Å². The summed E-state index contributed by atoms with van der Waals surface area (Å²) in [5.74, 6) is 0. The Kier molecular flexibility index (Phi) is 4.63. The number of carbonyl (C=O) groups excluding carboxylic acids is 1. The van der Waals surface area contributed by atoms with Crippen molar-refractivity contribution in [2.24, 2.45) is 0 Å². The lowest BCUT2D eigenvalue weighted by atomic mass is 10.0. The number of carbonyl (C=O) groups is 1. The molecule has 1 N–H and O–H groups in total. The lowest BCUT2D eigenvalue weighted by molar-refractivity contribution is 0.233. The number of urea groups is 1. The Hall–Kier alpha value is -2.60. The highest BCUT2D eigenvalue weighted by Gasteiger charge is 2.44. The maximum atomic E-state index is 12.9. The quantitative estimate of drug-likeness (QED) is 0.838. The second kappa shape index (κ2) is 6.72. The standard InChI is InChI=1S/C19H20N2O3S/c1-3-18-17(13-15-7-5-4-6-8-15)20-19(22)21(18)25(23,24)16-11-9-14(2)10-12-16/h3-12,17-18H,1,13H2,2H3,(H,20,22)/t17-,18-/m0/s1. The normalized spacial score (nSPS) is 20.4. The minimum atomic E-state index is -3.94. The molecule has 0 aliphatic carbocycles. The molecule has 2 aromatic carbocycles. The molecule has 3 rings (SSSR count). The summed E-state index contributed by atoms with van der Waals surface area (Å²) >= 11 is 0. The van der Waals surface area contributed by atoms with Crippen molar-refractivity contribution < 1.29 is 13.2 Å². The van der Waals surface area contributed by atoms with E-state index in [9.17, 15) is 13.2 Å². The summed E-state index contributed by atoms with van der Waals surface area (Å²) in [5.41, 5.74) is 1.97. The number of benzene rings is 2. The molecule has 2 amide bonds. The topological polar surface area (TPSA) is 66.5 Å². The smallest absolute Gasteiger partial charge is 0.332 e. The van der Waals surface area contributed by atoms with E-state index >= 15 is 0 Å².